The summed E-state index contributed by atoms with van der Waals surface area (Å²) in [4.78, 5) is 28.2. The fourth-order valence-corrected chi connectivity index (χ4v) is 4.24. The van der Waals surface area contributed by atoms with Gasteiger partial charge in [-0.3, -0.25) is 14.9 Å². The number of nitro groups is 1. The number of hydrogen-bond acceptors (Lipinski definition) is 5. The molecule has 0 aliphatic carbocycles. The number of aromatic nitrogens is 1. The zero-order valence-electron chi connectivity index (χ0n) is 16.7. The zero-order chi connectivity index (χ0) is 21.0. The summed E-state index contributed by atoms with van der Waals surface area (Å²) in [5, 5.41) is 11.1. The molecule has 0 atom stereocenters. The third-order valence-corrected chi connectivity index (χ3v) is 5.64. The second kappa shape index (κ2) is 9.11. The first-order valence-electron chi connectivity index (χ1n) is 9.38. The SMILES string of the molecule is CCOCCn1c(=NC(=O)Cc2ccc(C)cc2C)sc2cc([N+](=O)[O-])ccc21. The highest BCUT2D eigenvalue weighted by Gasteiger charge is 2.13. The van der Waals surface area contributed by atoms with Crippen LogP contribution < -0.4 is 4.80 Å². The lowest BCUT2D eigenvalue weighted by Crippen LogP contribution is -2.20. The van der Waals surface area contributed by atoms with E-state index in [2.05, 4.69) is 4.99 Å². The Hall–Kier alpha value is -2.84. The monoisotopic (exact) mass is 413 g/mol. The molecule has 7 nitrogen and oxygen atoms in total. The minimum absolute atomic E-state index is 0.0175. The van der Waals surface area contributed by atoms with Crippen LogP contribution in [0.3, 0.4) is 0 Å². The third-order valence-electron chi connectivity index (χ3n) is 4.60. The minimum Gasteiger partial charge on any atom is -0.380 e. The molecular weight excluding hydrogens is 390 g/mol. The molecule has 0 saturated heterocycles. The highest BCUT2D eigenvalue weighted by atomic mass is 32.1. The average molecular weight is 413 g/mol. The van der Waals surface area contributed by atoms with E-state index in [1.165, 1.54) is 23.5 Å². The molecule has 152 valence electrons. The van der Waals surface area contributed by atoms with Gasteiger partial charge in [-0.25, -0.2) is 0 Å². The maximum absolute atomic E-state index is 12.6. The van der Waals surface area contributed by atoms with Crippen molar-refractivity contribution in [2.75, 3.05) is 13.2 Å². The van der Waals surface area contributed by atoms with Crippen LogP contribution in [0.1, 0.15) is 23.6 Å². The molecule has 0 saturated carbocycles. The van der Waals surface area contributed by atoms with Crippen LogP contribution >= 0.6 is 11.3 Å². The van der Waals surface area contributed by atoms with Gasteiger partial charge < -0.3 is 9.30 Å². The molecule has 0 unspecified atom stereocenters. The van der Waals surface area contributed by atoms with Gasteiger partial charge in [-0.15, -0.1) is 0 Å². The molecule has 0 N–H and O–H groups in total. The van der Waals surface area contributed by atoms with Gasteiger partial charge in [0, 0.05) is 25.3 Å². The molecule has 0 aliphatic heterocycles. The zero-order valence-corrected chi connectivity index (χ0v) is 17.5. The molecule has 0 spiro atoms. The number of hydrogen-bond donors (Lipinski definition) is 0. The molecule has 8 heteroatoms. The number of non-ortho nitro benzene ring substituents is 1. The predicted molar refractivity (Wildman–Crippen MR) is 113 cm³/mol. The van der Waals surface area contributed by atoms with Crippen LogP contribution in [0.25, 0.3) is 10.2 Å². The van der Waals surface area contributed by atoms with Crippen molar-refractivity contribution in [3.05, 3.63) is 68.0 Å². The number of rotatable bonds is 7. The van der Waals surface area contributed by atoms with E-state index in [0.717, 1.165) is 22.2 Å². The first-order valence-corrected chi connectivity index (χ1v) is 10.2. The molecule has 29 heavy (non-hydrogen) atoms. The van der Waals surface area contributed by atoms with E-state index in [0.29, 0.717) is 29.3 Å². The molecular formula is C21H23N3O4S. The molecule has 3 aromatic rings. The van der Waals surface area contributed by atoms with Crippen molar-refractivity contribution in [1.82, 2.24) is 4.57 Å². The van der Waals surface area contributed by atoms with Crippen molar-refractivity contribution in [2.45, 2.75) is 33.7 Å². The van der Waals surface area contributed by atoms with Gasteiger partial charge in [0.1, 0.15) is 0 Å². The number of carbonyl (C=O) groups excluding carboxylic acids is 1. The molecule has 0 bridgehead atoms. The first kappa shape index (κ1) is 20.9. The summed E-state index contributed by atoms with van der Waals surface area (Å²) in [5.41, 5.74) is 3.98. The summed E-state index contributed by atoms with van der Waals surface area (Å²) in [6.07, 6.45) is 0.214. The Morgan fingerprint density at radius 2 is 2.03 bits per heavy atom. The number of carbonyl (C=O) groups is 1. The van der Waals surface area contributed by atoms with Crippen molar-refractivity contribution < 1.29 is 14.5 Å². The third kappa shape index (κ3) is 4.96. The normalized spacial score (nSPS) is 11.9. The summed E-state index contributed by atoms with van der Waals surface area (Å²) >= 11 is 1.27. The first-order chi connectivity index (χ1) is 13.9. The van der Waals surface area contributed by atoms with Crippen molar-refractivity contribution in [1.29, 1.82) is 0 Å². The Morgan fingerprint density at radius 1 is 1.24 bits per heavy atom. The number of fused-ring (bicyclic) bond motifs is 1. The largest absolute Gasteiger partial charge is 0.380 e. The van der Waals surface area contributed by atoms with E-state index in [4.69, 9.17) is 4.74 Å². The van der Waals surface area contributed by atoms with Crippen molar-refractivity contribution in [2.24, 2.45) is 4.99 Å². The number of ether oxygens (including phenoxy) is 1. The Kier molecular flexibility index (Phi) is 6.56. The van der Waals surface area contributed by atoms with Crippen LogP contribution in [0.2, 0.25) is 0 Å². The number of nitrogens with zero attached hydrogens (tertiary/aromatic N) is 3. The summed E-state index contributed by atoms with van der Waals surface area (Å²) in [6, 6.07) is 10.7. The van der Waals surface area contributed by atoms with Crippen LogP contribution in [-0.4, -0.2) is 28.6 Å². The van der Waals surface area contributed by atoms with Gasteiger partial charge in [-0.1, -0.05) is 35.1 Å². The van der Waals surface area contributed by atoms with E-state index in [9.17, 15) is 14.9 Å². The van der Waals surface area contributed by atoms with Gasteiger partial charge in [0.05, 0.1) is 28.2 Å². The molecule has 3 rings (SSSR count). The van der Waals surface area contributed by atoms with Crippen LogP contribution in [0.5, 0.6) is 0 Å². The average Bonchev–Trinajstić information content (AvgIpc) is 3.00. The molecule has 0 aliphatic rings. The number of aryl methyl sites for hydroxylation is 2. The maximum Gasteiger partial charge on any atom is 0.270 e. The summed E-state index contributed by atoms with van der Waals surface area (Å²) < 4.78 is 8.05. The van der Waals surface area contributed by atoms with E-state index < -0.39 is 4.92 Å². The lowest BCUT2D eigenvalue weighted by atomic mass is 10.0. The van der Waals surface area contributed by atoms with Crippen molar-refractivity contribution >= 4 is 33.1 Å². The molecule has 1 heterocycles. The van der Waals surface area contributed by atoms with E-state index in [1.54, 1.807) is 6.07 Å². The minimum atomic E-state index is -0.425. The van der Waals surface area contributed by atoms with Crippen molar-refractivity contribution in [3.63, 3.8) is 0 Å². The van der Waals surface area contributed by atoms with E-state index in [-0.39, 0.29) is 18.0 Å². The Labute approximate surface area is 172 Å². The summed E-state index contributed by atoms with van der Waals surface area (Å²) in [5.74, 6) is -0.247. The van der Waals surface area contributed by atoms with Crippen LogP contribution in [0.15, 0.2) is 41.4 Å². The van der Waals surface area contributed by atoms with Gasteiger partial charge in [-0.2, -0.15) is 4.99 Å². The maximum atomic E-state index is 12.6. The van der Waals surface area contributed by atoms with Gasteiger partial charge >= 0.3 is 0 Å². The summed E-state index contributed by atoms with van der Waals surface area (Å²) in [6.45, 7) is 7.49. The standard InChI is InChI=1S/C21H23N3O4S/c1-4-28-10-9-23-18-8-7-17(24(26)27)13-19(18)29-21(23)22-20(25)12-16-6-5-14(2)11-15(16)3/h5-8,11,13H,4,9-10,12H2,1-3H3. The lowest BCUT2D eigenvalue weighted by Gasteiger charge is -2.06. The Balaban J connectivity index is 1.99. The van der Waals surface area contributed by atoms with Crippen LogP contribution in [0, 0.1) is 24.0 Å². The van der Waals surface area contributed by atoms with Crippen molar-refractivity contribution in [3.8, 4) is 0 Å². The topological polar surface area (TPSA) is 86.7 Å². The molecule has 0 radical (unpaired) electrons. The van der Waals surface area contributed by atoms with Gasteiger partial charge in [0.2, 0.25) is 0 Å². The molecule has 2 aromatic carbocycles. The van der Waals surface area contributed by atoms with E-state index in [1.807, 2.05) is 43.5 Å². The fraction of sp³-hybridized carbons (Fsp3) is 0.333. The van der Waals surface area contributed by atoms with Gasteiger partial charge in [0.25, 0.3) is 11.6 Å². The highest BCUT2D eigenvalue weighted by molar-refractivity contribution is 7.16. The lowest BCUT2D eigenvalue weighted by molar-refractivity contribution is -0.384. The highest BCUT2D eigenvalue weighted by Crippen LogP contribution is 2.23. The smallest absolute Gasteiger partial charge is 0.270 e. The van der Waals surface area contributed by atoms with Gasteiger partial charge in [-0.05, 0) is 38.0 Å². The second-order valence-corrected chi connectivity index (χ2v) is 7.76. The summed E-state index contributed by atoms with van der Waals surface area (Å²) in [7, 11) is 0. The number of thiazole rings is 1. The number of nitro benzene ring substituents is 1. The Bertz CT molecular complexity index is 1130. The predicted octanol–water partition coefficient (Wildman–Crippen LogP) is 3.93. The molecule has 1 aromatic heterocycles. The quantitative estimate of drug-likeness (QED) is 0.334. The molecule has 1 amide bonds. The van der Waals surface area contributed by atoms with E-state index >= 15 is 0 Å². The second-order valence-electron chi connectivity index (χ2n) is 6.75. The van der Waals surface area contributed by atoms with Gasteiger partial charge in [0.15, 0.2) is 4.80 Å². The number of amides is 1. The van der Waals surface area contributed by atoms with Crippen LogP contribution in [0.4, 0.5) is 5.69 Å². The number of benzene rings is 2. The molecule has 0 fully saturated rings. The fourth-order valence-electron chi connectivity index (χ4n) is 3.13. The Morgan fingerprint density at radius 3 is 2.72 bits per heavy atom. The van der Waals surface area contributed by atoms with Crippen LogP contribution in [-0.2, 0) is 22.5 Å².